The lowest BCUT2D eigenvalue weighted by atomic mass is 10.1. The van der Waals surface area contributed by atoms with Gasteiger partial charge in [-0.2, -0.15) is 13.2 Å². The third-order valence-electron chi connectivity index (χ3n) is 5.68. The topological polar surface area (TPSA) is 145 Å². The molecule has 0 unspecified atom stereocenters. The van der Waals surface area contributed by atoms with Crippen LogP contribution in [0.15, 0.2) is 69.1 Å². The molecule has 0 aromatic heterocycles. The number of benzene rings is 3. The number of imide groups is 2. The van der Waals surface area contributed by atoms with Crippen LogP contribution in [0.25, 0.3) is 6.08 Å². The predicted molar refractivity (Wildman–Crippen MR) is 147 cm³/mol. The van der Waals surface area contributed by atoms with E-state index in [0.717, 1.165) is 12.1 Å². The van der Waals surface area contributed by atoms with Crippen molar-refractivity contribution in [3.05, 3.63) is 95.9 Å². The zero-order valence-corrected chi connectivity index (χ0v) is 24.0. The van der Waals surface area contributed by atoms with E-state index in [1.165, 1.54) is 43.5 Å². The molecule has 1 saturated heterocycles. The maximum Gasteiger partial charge on any atom is 0.416 e. The molecule has 4 amide bonds. The minimum atomic E-state index is -4.85. The number of carbonyl (C=O) groups excluding carboxylic acids is 4. The monoisotopic (exact) mass is 711 g/mol. The second kappa shape index (κ2) is 11.7. The number of nitrogens with zero attached hydrogens (tertiary/aromatic N) is 2. The van der Waals surface area contributed by atoms with E-state index in [2.05, 4.69) is 36.6 Å². The summed E-state index contributed by atoms with van der Waals surface area (Å²) < 4.78 is 50.3. The summed E-state index contributed by atoms with van der Waals surface area (Å²) in [4.78, 5) is 61.5. The van der Waals surface area contributed by atoms with E-state index in [9.17, 15) is 42.5 Å². The summed E-state index contributed by atoms with van der Waals surface area (Å²) in [6.07, 6.45) is -3.81. The van der Waals surface area contributed by atoms with Crippen LogP contribution in [-0.2, 0) is 20.5 Å². The van der Waals surface area contributed by atoms with Crippen molar-refractivity contribution >= 4 is 73.1 Å². The summed E-state index contributed by atoms with van der Waals surface area (Å²) in [6, 6.07) is 8.60. The Balaban J connectivity index is 1.78. The molecule has 0 bridgehead atoms. The number of hydrogen-bond acceptors (Lipinski definition) is 8. The van der Waals surface area contributed by atoms with Crippen molar-refractivity contribution in [2.45, 2.75) is 6.18 Å². The smallest absolute Gasteiger partial charge is 0.416 e. The van der Waals surface area contributed by atoms with Gasteiger partial charge in [-0.15, -0.1) is 0 Å². The highest BCUT2D eigenvalue weighted by atomic mass is 79.9. The van der Waals surface area contributed by atoms with Gasteiger partial charge in [-0.05, 0) is 70.5 Å². The third kappa shape index (κ3) is 6.18. The van der Waals surface area contributed by atoms with Crippen molar-refractivity contribution in [2.75, 3.05) is 12.0 Å². The molecule has 3 aromatic carbocycles. The summed E-state index contributed by atoms with van der Waals surface area (Å²) in [5, 5.41) is 13.6. The molecule has 11 nitrogen and oxygen atoms in total. The Kier molecular flexibility index (Phi) is 8.49. The number of urea groups is 1. The number of nitro groups is 1. The highest BCUT2D eigenvalue weighted by molar-refractivity contribution is 9.11. The average Bonchev–Trinajstić information content (AvgIpc) is 2.92. The lowest BCUT2D eigenvalue weighted by Gasteiger charge is -2.26. The number of amides is 4. The first-order valence-corrected chi connectivity index (χ1v) is 12.9. The molecule has 0 atom stereocenters. The Morgan fingerprint density at radius 3 is 2.31 bits per heavy atom. The number of rotatable bonds is 6. The molecule has 1 fully saturated rings. The molecule has 4 rings (SSSR count). The molecular formula is C26H14Br2F3N3O8. The SMILES string of the molecule is COC(=O)c1ccc(N2C(=O)NC(=O)/C(=C\c3cc(Br)cc(Br)c3Oc3ccc(C(F)(F)F)cc3[N+](=O)[O-])C2=O)cc1. The number of anilines is 1. The Hall–Kier alpha value is -4.57. The molecule has 0 radical (unpaired) electrons. The van der Waals surface area contributed by atoms with E-state index in [1.807, 2.05) is 5.32 Å². The van der Waals surface area contributed by atoms with Crippen LogP contribution in [0.3, 0.4) is 0 Å². The molecule has 216 valence electrons. The molecule has 3 aromatic rings. The number of methoxy groups -OCH3 is 1. The van der Waals surface area contributed by atoms with E-state index in [4.69, 9.17) is 4.74 Å². The van der Waals surface area contributed by atoms with Crippen LogP contribution in [0.4, 0.5) is 29.3 Å². The second-order valence-electron chi connectivity index (χ2n) is 8.34. The molecule has 16 heteroatoms. The fourth-order valence-corrected chi connectivity index (χ4v) is 5.08. The maximum atomic E-state index is 13.4. The van der Waals surface area contributed by atoms with E-state index in [-0.39, 0.29) is 27.0 Å². The Morgan fingerprint density at radius 2 is 1.71 bits per heavy atom. The highest BCUT2D eigenvalue weighted by Gasteiger charge is 2.37. The first-order chi connectivity index (χ1) is 19.7. The summed E-state index contributed by atoms with van der Waals surface area (Å²) in [5.74, 6) is -3.54. The number of alkyl halides is 3. The van der Waals surface area contributed by atoms with Crippen molar-refractivity contribution in [1.29, 1.82) is 0 Å². The molecule has 0 spiro atoms. The van der Waals surface area contributed by atoms with Gasteiger partial charge in [0.05, 0.1) is 33.3 Å². The second-order valence-corrected chi connectivity index (χ2v) is 10.1. The first-order valence-electron chi connectivity index (χ1n) is 11.3. The van der Waals surface area contributed by atoms with E-state index >= 15 is 0 Å². The molecule has 0 aliphatic carbocycles. The standard InChI is InChI=1S/C26H14Br2F3N3O8/c1-41-24(37)12-2-5-16(6-3-12)33-23(36)17(22(35)32-25(33)38)9-13-8-15(27)11-18(28)21(13)42-20-7-4-14(26(29,30)31)10-19(20)34(39)40/h2-11H,1H3,(H,32,35,38)/b17-9+. The van der Waals surface area contributed by atoms with Gasteiger partial charge in [-0.3, -0.25) is 25.0 Å². The van der Waals surface area contributed by atoms with Crippen LogP contribution < -0.4 is 15.0 Å². The van der Waals surface area contributed by atoms with E-state index < -0.39 is 57.5 Å². The van der Waals surface area contributed by atoms with Crippen molar-refractivity contribution in [3.8, 4) is 11.5 Å². The van der Waals surface area contributed by atoms with Gasteiger partial charge in [0.2, 0.25) is 5.75 Å². The Morgan fingerprint density at radius 1 is 1.05 bits per heavy atom. The van der Waals surface area contributed by atoms with Gasteiger partial charge in [-0.1, -0.05) is 15.9 Å². The quantitative estimate of drug-likeness (QED) is 0.102. The zero-order chi connectivity index (χ0) is 30.9. The number of barbiturate groups is 1. The van der Waals surface area contributed by atoms with Gasteiger partial charge < -0.3 is 9.47 Å². The van der Waals surface area contributed by atoms with Gasteiger partial charge in [0.15, 0.2) is 0 Å². The third-order valence-corrected chi connectivity index (χ3v) is 6.73. The van der Waals surface area contributed by atoms with Crippen molar-refractivity contribution < 1.29 is 46.7 Å². The molecule has 42 heavy (non-hydrogen) atoms. The number of nitro benzene ring substituents is 1. The normalized spacial score (nSPS) is 14.6. The van der Waals surface area contributed by atoms with Crippen LogP contribution in [0.5, 0.6) is 11.5 Å². The van der Waals surface area contributed by atoms with Gasteiger partial charge >= 0.3 is 23.9 Å². The summed E-state index contributed by atoms with van der Waals surface area (Å²) in [5.41, 5.74) is -2.68. The molecule has 1 aliphatic heterocycles. The van der Waals surface area contributed by atoms with Crippen LogP contribution in [0, 0.1) is 10.1 Å². The van der Waals surface area contributed by atoms with Gasteiger partial charge in [0.25, 0.3) is 11.8 Å². The largest absolute Gasteiger partial charge is 0.465 e. The summed E-state index contributed by atoms with van der Waals surface area (Å²) in [6.45, 7) is 0. The number of esters is 1. The van der Waals surface area contributed by atoms with Crippen LogP contribution in [-0.4, -0.2) is 35.8 Å². The maximum absolute atomic E-state index is 13.4. The van der Waals surface area contributed by atoms with Crippen molar-refractivity contribution in [1.82, 2.24) is 5.32 Å². The fraction of sp³-hybridized carbons (Fsp3) is 0.0769. The van der Waals surface area contributed by atoms with Gasteiger partial charge in [0, 0.05) is 16.1 Å². The lowest BCUT2D eigenvalue weighted by Crippen LogP contribution is -2.54. The molecule has 1 N–H and O–H groups in total. The number of nitrogens with one attached hydrogen (secondary N) is 1. The molecule has 1 heterocycles. The molecular weight excluding hydrogens is 699 g/mol. The highest BCUT2D eigenvalue weighted by Crippen LogP contribution is 2.42. The number of halogens is 5. The minimum Gasteiger partial charge on any atom is -0.465 e. The van der Waals surface area contributed by atoms with Crippen LogP contribution >= 0.6 is 31.9 Å². The zero-order valence-electron chi connectivity index (χ0n) is 20.8. The number of hydrogen-bond donors (Lipinski definition) is 1. The molecule has 0 saturated carbocycles. The minimum absolute atomic E-state index is 0.0100. The molecule has 1 aliphatic rings. The summed E-state index contributed by atoms with van der Waals surface area (Å²) in [7, 11) is 1.18. The van der Waals surface area contributed by atoms with Crippen LogP contribution in [0.1, 0.15) is 21.5 Å². The van der Waals surface area contributed by atoms with Crippen LogP contribution in [0.2, 0.25) is 0 Å². The van der Waals surface area contributed by atoms with E-state index in [0.29, 0.717) is 21.5 Å². The number of ether oxygens (including phenoxy) is 2. The predicted octanol–water partition coefficient (Wildman–Crippen LogP) is 6.38. The van der Waals surface area contributed by atoms with Crippen molar-refractivity contribution in [3.63, 3.8) is 0 Å². The first kappa shape index (κ1) is 30.4. The van der Waals surface area contributed by atoms with E-state index in [1.54, 1.807) is 0 Å². The average molecular weight is 713 g/mol. The number of carbonyl (C=O) groups is 4. The van der Waals surface area contributed by atoms with Gasteiger partial charge in [-0.25, -0.2) is 14.5 Å². The lowest BCUT2D eigenvalue weighted by molar-refractivity contribution is -0.385. The Bertz CT molecular complexity index is 1690. The fourth-order valence-electron chi connectivity index (χ4n) is 3.74. The van der Waals surface area contributed by atoms with Gasteiger partial charge in [0.1, 0.15) is 11.3 Å². The van der Waals surface area contributed by atoms with Crippen molar-refractivity contribution in [2.24, 2.45) is 0 Å². The Labute approximate surface area is 250 Å². The summed E-state index contributed by atoms with van der Waals surface area (Å²) >= 11 is 6.46.